The van der Waals surface area contributed by atoms with Crippen LogP contribution in [0.15, 0.2) is 60.7 Å². The molecule has 2 aliphatic rings. The molecule has 2 aromatic carbocycles. The van der Waals surface area contributed by atoms with E-state index in [1.807, 2.05) is 58.3 Å². The molecule has 3 amide bonds. The number of rotatable bonds is 6. The fourth-order valence-corrected chi connectivity index (χ4v) is 4.87. The summed E-state index contributed by atoms with van der Waals surface area (Å²) in [7, 11) is 0. The number of carbonyl (C=O) groups excluding carboxylic acids is 3. The molecule has 4 rings (SSSR count). The van der Waals surface area contributed by atoms with Crippen molar-refractivity contribution in [3.8, 4) is 0 Å². The number of carbonyl (C=O) groups is 3. The lowest BCUT2D eigenvalue weighted by molar-refractivity contribution is -0.136. The van der Waals surface area contributed by atoms with Crippen LogP contribution in [0.1, 0.15) is 48.0 Å². The zero-order valence-electron chi connectivity index (χ0n) is 19.1. The van der Waals surface area contributed by atoms with Gasteiger partial charge < -0.3 is 15.1 Å². The average molecular weight is 448 g/mol. The van der Waals surface area contributed by atoms with E-state index in [-0.39, 0.29) is 23.6 Å². The van der Waals surface area contributed by atoms with Gasteiger partial charge in [0.1, 0.15) is 6.04 Å². The zero-order chi connectivity index (χ0) is 23.0. The Balaban J connectivity index is 1.41. The van der Waals surface area contributed by atoms with Crippen LogP contribution in [0.2, 0.25) is 0 Å². The van der Waals surface area contributed by atoms with Crippen LogP contribution in [0.25, 0.3) is 0 Å². The van der Waals surface area contributed by atoms with Crippen molar-refractivity contribution in [2.45, 2.75) is 44.6 Å². The monoisotopic (exact) mass is 447 g/mol. The second-order valence-electron chi connectivity index (χ2n) is 9.08. The molecule has 2 saturated heterocycles. The van der Waals surface area contributed by atoms with Gasteiger partial charge in [-0.25, -0.2) is 0 Å². The van der Waals surface area contributed by atoms with Crippen molar-refractivity contribution in [3.05, 3.63) is 71.8 Å². The molecule has 2 aromatic rings. The number of hydrogen-bond donors (Lipinski definition) is 1. The summed E-state index contributed by atoms with van der Waals surface area (Å²) in [5.74, 6) is -0.0543. The van der Waals surface area contributed by atoms with E-state index in [0.717, 1.165) is 37.9 Å². The lowest BCUT2D eigenvalue weighted by Gasteiger charge is -2.38. The molecule has 0 spiro atoms. The summed E-state index contributed by atoms with van der Waals surface area (Å²) < 4.78 is 0. The number of nitrogens with one attached hydrogen (secondary N) is 1. The van der Waals surface area contributed by atoms with E-state index < -0.39 is 6.04 Å². The highest BCUT2D eigenvalue weighted by atomic mass is 16.2. The van der Waals surface area contributed by atoms with Crippen LogP contribution in [0.4, 0.5) is 0 Å². The molecule has 2 fully saturated rings. The average Bonchev–Trinajstić information content (AvgIpc) is 2.88. The summed E-state index contributed by atoms with van der Waals surface area (Å²) in [4.78, 5) is 42.9. The second kappa shape index (κ2) is 11.1. The summed E-state index contributed by atoms with van der Waals surface area (Å²) in [6.45, 7) is 2.73. The van der Waals surface area contributed by atoms with Gasteiger partial charge in [-0.3, -0.25) is 14.4 Å². The molecular formula is C27H33N3O3. The van der Waals surface area contributed by atoms with E-state index in [2.05, 4.69) is 5.32 Å². The lowest BCUT2D eigenvalue weighted by atomic mass is 9.87. The molecule has 0 radical (unpaired) electrons. The number of piperidine rings is 2. The van der Waals surface area contributed by atoms with Crippen molar-refractivity contribution in [3.63, 3.8) is 0 Å². The fraction of sp³-hybridized carbons (Fsp3) is 0.444. The summed E-state index contributed by atoms with van der Waals surface area (Å²) in [5, 5.41) is 3.05. The van der Waals surface area contributed by atoms with Gasteiger partial charge in [0, 0.05) is 31.7 Å². The molecule has 2 aliphatic heterocycles. The van der Waals surface area contributed by atoms with Crippen molar-refractivity contribution in [1.29, 1.82) is 0 Å². The number of nitrogens with zero attached hydrogens (tertiary/aromatic N) is 2. The van der Waals surface area contributed by atoms with Crippen molar-refractivity contribution < 1.29 is 14.4 Å². The maximum atomic E-state index is 13.5. The largest absolute Gasteiger partial charge is 0.342 e. The summed E-state index contributed by atoms with van der Waals surface area (Å²) in [6.07, 6.45) is 4.98. The van der Waals surface area contributed by atoms with E-state index in [0.29, 0.717) is 37.9 Å². The molecule has 0 bridgehead atoms. The van der Waals surface area contributed by atoms with E-state index >= 15 is 0 Å². The Morgan fingerprint density at radius 3 is 2.03 bits per heavy atom. The van der Waals surface area contributed by atoms with Crippen molar-refractivity contribution >= 4 is 17.7 Å². The fourth-order valence-electron chi connectivity index (χ4n) is 4.87. The first kappa shape index (κ1) is 23.0. The maximum Gasteiger partial charge on any atom is 0.251 e. The van der Waals surface area contributed by atoms with Crippen molar-refractivity contribution in [2.24, 2.45) is 5.92 Å². The third-order valence-electron chi connectivity index (χ3n) is 6.82. The van der Waals surface area contributed by atoms with E-state index in [1.165, 1.54) is 0 Å². The van der Waals surface area contributed by atoms with E-state index in [9.17, 15) is 14.4 Å². The molecule has 2 heterocycles. The Morgan fingerprint density at radius 1 is 0.788 bits per heavy atom. The molecule has 6 heteroatoms. The first-order valence-corrected chi connectivity index (χ1v) is 12.1. The Bertz CT molecular complexity index is 934. The number of benzene rings is 2. The quantitative estimate of drug-likeness (QED) is 0.739. The molecule has 6 nitrogen and oxygen atoms in total. The molecule has 0 saturated carbocycles. The first-order valence-electron chi connectivity index (χ1n) is 12.1. The lowest BCUT2D eigenvalue weighted by Crippen LogP contribution is -2.55. The van der Waals surface area contributed by atoms with Gasteiger partial charge in [-0.2, -0.15) is 0 Å². The molecular weight excluding hydrogens is 414 g/mol. The van der Waals surface area contributed by atoms with E-state index in [1.54, 1.807) is 12.1 Å². The Labute approximate surface area is 196 Å². The minimum atomic E-state index is -0.554. The van der Waals surface area contributed by atoms with Gasteiger partial charge in [0.2, 0.25) is 11.8 Å². The second-order valence-corrected chi connectivity index (χ2v) is 9.08. The normalized spacial score (nSPS) is 17.9. The topological polar surface area (TPSA) is 69.7 Å². The van der Waals surface area contributed by atoms with Crippen molar-refractivity contribution in [2.75, 3.05) is 26.2 Å². The van der Waals surface area contributed by atoms with Gasteiger partial charge in [0.05, 0.1) is 6.42 Å². The third kappa shape index (κ3) is 6.01. The van der Waals surface area contributed by atoms with Crippen LogP contribution in [-0.2, 0) is 16.0 Å². The SMILES string of the molecule is O=C(N[C@H](C(=O)N1CCCCC1)C1CCN(C(=O)Cc2ccccc2)CC1)c1ccccc1. The molecule has 0 aromatic heterocycles. The highest BCUT2D eigenvalue weighted by molar-refractivity contribution is 5.97. The molecule has 1 atom stereocenters. The van der Waals surface area contributed by atoms with Crippen LogP contribution in [0.3, 0.4) is 0 Å². The number of amides is 3. The highest BCUT2D eigenvalue weighted by Gasteiger charge is 2.36. The smallest absolute Gasteiger partial charge is 0.251 e. The summed E-state index contributed by atoms with van der Waals surface area (Å²) >= 11 is 0. The number of hydrogen-bond acceptors (Lipinski definition) is 3. The van der Waals surface area contributed by atoms with Crippen LogP contribution < -0.4 is 5.32 Å². The summed E-state index contributed by atoms with van der Waals surface area (Å²) in [6, 6.07) is 18.3. The Kier molecular flexibility index (Phi) is 7.76. The molecule has 33 heavy (non-hydrogen) atoms. The number of likely N-dealkylation sites (tertiary alicyclic amines) is 2. The van der Waals surface area contributed by atoms with Gasteiger partial charge >= 0.3 is 0 Å². The zero-order valence-corrected chi connectivity index (χ0v) is 19.1. The molecule has 0 aliphatic carbocycles. The first-order chi connectivity index (χ1) is 16.1. The predicted molar refractivity (Wildman–Crippen MR) is 128 cm³/mol. The Morgan fingerprint density at radius 2 is 1.39 bits per heavy atom. The van der Waals surface area contributed by atoms with Crippen molar-refractivity contribution in [1.82, 2.24) is 15.1 Å². The predicted octanol–water partition coefficient (Wildman–Crippen LogP) is 3.28. The van der Waals surface area contributed by atoms with Crippen LogP contribution >= 0.6 is 0 Å². The molecule has 1 N–H and O–H groups in total. The van der Waals surface area contributed by atoms with Gasteiger partial charge in [-0.1, -0.05) is 48.5 Å². The van der Waals surface area contributed by atoms with E-state index in [4.69, 9.17) is 0 Å². The van der Waals surface area contributed by atoms with Gasteiger partial charge in [0.15, 0.2) is 0 Å². The third-order valence-corrected chi connectivity index (χ3v) is 6.82. The highest BCUT2D eigenvalue weighted by Crippen LogP contribution is 2.24. The minimum absolute atomic E-state index is 0.0212. The summed E-state index contributed by atoms with van der Waals surface area (Å²) in [5.41, 5.74) is 1.57. The molecule has 0 unspecified atom stereocenters. The minimum Gasteiger partial charge on any atom is -0.342 e. The van der Waals surface area contributed by atoms with Gasteiger partial charge in [-0.05, 0) is 55.7 Å². The van der Waals surface area contributed by atoms with Crippen LogP contribution in [-0.4, -0.2) is 59.7 Å². The Hall–Kier alpha value is -3.15. The van der Waals surface area contributed by atoms with Gasteiger partial charge in [-0.15, -0.1) is 0 Å². The maximum absolute atomic E-state index is 13.5. The van der Waals surface area contributed by atoms with Crippen LogP contribution in [0, 0.1) is 5.92 Å². The van der Waals surface area contributed by atoms with Crippen LogP contribution in [0.5, 0.6) is 0 Å². The van der Waals surface area contributed by atoms with Gasteiger partial charge in [0.25, 0.3) is 5.91 Å². The standard InChI is InChI=1S/C27H33N3O3/c31-24(20-21-10-4-1-5-11-21)29-18-14-22(15-19-29)25(27(33)30-16-8-3-9-17-30)28-26(32)23-12-6-2-7-13-23/h1-2,4-7,10-13,22,25H,3,8-9,14-20H2,(H,28,32)/t25-/m0/s1. The molecule has 174 valence electrons.